The molecule has 0 bridgehead atoms. The zero-order valence-electron chi connectivity index (χ0n) is 23.2. The maximum absolute atomic E-state index is 14.1. The number of halogens is 2. The molecule has 3 aromatic carbocycles. The summed E-state index contributed by atoms with van der Waals surface area (Å²) in [5.74, 6) is -0.753. The number of amides is 2. The molecule has 1 saturated carbocycles. The van der Waals surface area contributed by atoms with E-state index in [1.54, 1.807) is 50.2 Å². The predicted molar refractivity (Wildman–Crippen MR) is 166 cm³/mol. The summed E-state index contributed by atoms with van der Waals surface area (Å²) in [5, 5.41) is 3.46. The van der Waals surface area contributed by atoms with E-state index in [0.717, 1.165) is 46.4 Å². The number of benzene rings is 3. The molecule has 1 aliphatic rings. The smallest absolute Gasteiger partial charge is 0.264 e. The molecule has 3 aromatic rings. The Morgan fingerprint density at radius 3 is 2.32 bits per heavy atom. The van der Waals surface area contributed by atoms with Crippen LogP contribution in [0.4, 0.5) is 5.69 Å². The largest absolute Gasteiger partial charge is 0.352 e. The second kappa shape index (κ2) is 13.9. The lowest BCUT2D eigenvalue weighted by molar-refractivity contribution is -0.139. The Balaban J connectivity index is 1.69. The molecule has 1 aliphatic carbocycles. The summed E-state index contributed by atoms with van der Waals surface area (Å²) < 4.78 is 29.9. The molecule has 41 heavy (non-hydrogen) atoms. The predicted octanol–water partition coefficient (Wildman–Crippen LogP) is 6.47. The van der Waals surface area contributed by atoms with Gasteiger partial charge >= 0.3 is 0 Å². The van der Waals surface area contributed by atoms with Crippen molar-refractivity contribution in [1.29, 1.82) is 0 Å². The first-order chi connectivity index (χ1) is 19.6. The van der Waals surface area contributed by atoms with Gasteiger partial charge in [0, 0.05) is 22.1 Å². The normalized spacial score (nSPS) is 14.7. The van der Waals surface area contributed by atoms with Gasteiger partial charge in [0.15, 0.2) is 0 Å². The van der Waals surface area contributed by atoms with Gasteiger partial charge in [0.25, 0.3) is 10.0 Å². The van der Waals surface area contributed by atoms with Crippen LogP contribution in [0.5, 0.6) is 0 Å². The Hall–Kier alpha value is -2.88. The van der Waals surface area contributed by atoms with Crippen molar-refractivity contribution in [2.45, 2.75) is 69.5 Å². The quantitative estimate of drug-likeness (QED) is 0.270. The summed E-state index contributed by atoms with van der Waals surface area (Å²) in [7, 11) is -4.15. The minimum absolute atomic E-state index is 0.0507. The number of anilines is 1. The van der Waals surface area contributed by atoms with Crippen LogP contribution in [-0.4, -0.2) is 43.8 Å². The van der Waals surface area contributed by atoms with Crippen molar-refractivity contribution in [3.63, 3.8) is 0 Å². The summed E-state index contributed by atoms with van der Waals surface area (Å²) >= 11 is 9.72. The number of carbonyl (C=O) groups excluding carboxylic acids is 2. The summed E-state index contributed by atoms with van der Waals surface area (Å²) in [6.45, 7) is 3.09. The Morgan fingerprint density at radius 2 is 1.66 bits per heavy atom. The number of hydrogen-bond donors (Lipinski definition) is 1. The van der Waals surface area contributed by atoms with Crippen LogP contribution in [0.15, 0.2) is 82.2 Å². The number of hydrogen-bond acceptors (Lipinski definition) is 4. The van der Waals surface area contributed by atoms with Gasteiger partial charge < -0.3 is 10.2 Å². The first kappa shape index (κ1) is 31.1. The molecule has 0 heterocycles. The molecular formula is C31H35BrClN3O4S. The molecular weight excluding hydrogens is 626 g/mol. The van der Waals surface area contributed by atoms with Gasteiger partial charge in [-0.25, -0.2) is 8.42 Å². The number of aryl methyl sites for hydroxylation is 1. The molecule has 4 rings (SSSR count). The van der Waals surface area contributed by atoms with E-state index in [0.29, 0.717) is 16.3 Å². The van der Waals surface area contributed by atoms with Crippen molar-refractivity contribution >= 4 is 55.1 Å². The van der Waals surface area contributed by atoms with E-state index >= 15 is 0 Å². The molecule has 0 unspecified atom stereocenters. The minimum Gasteiger partial charge on any atom is -0.352 e. The average Bonchev–Trinajstić information content (AvgIpc) is 2.97. The van der Waals surface area contributed by atoms with E-state index in [1.165, 1.54) is 17.0 Å². The number of sulfonamides is 1. The molecule has 0 saturated heterocycles. The molecule has 7 nitrogen and oxygen atoms in total. The van der Waals surface area contributed by atoms with Crippen molar-refractivity contribution < 1.29 is 18.0 Å². The number of rotatable bonds is 10. The standard InChI is InChI=1S/C31H35BrClN3O4S/c1-22-13-18-26(33)19-29(22)36(41(39,40)28-11-7-4-8-12-28)21-30(37)35(20-24-14-16-25(32)17-15-24)23(2)31(38)34-27-9-5-3-6-10-27/h4,7-8,11-19,23,27H,3,5-6,9-10,20-21H2,1-2H3,(H,34,38)/t23-/m1/s1. The van der Waals surface area contributed by atoms with E-state index in [4.69, 9.17) is 11.6 Å². The van der Waals surface area contributed by atoms with Gasteiger partial charge in [-0.2, -0.15) is 0 Å². The fraction of sp³-hybridized carbons (Fsp3) is 0.355. The van der Waals surface area contributed by atoms with Crippen LogP contribution in [0.1, 0.15) is 50.2 Å². The fourth-order valence-corrected chi connectivity index (χ4v) is 6.94. The third kappa shape index (κ3) is 7.90. The summed E-state index contributed by atoms with van der Waals surface area (Å²) in [6.07, 6.45) is 5.11. The summed E-state index contributed by atoms with van der Waals surface area (Å²) in [5.41, 5.74) is 1.76. The van der Waals surface area contributed by atoms with Crippen LogP contribution < -0.4 is 9.62 Å². The molecule has 0 radical (unpaired) electrons. The van der Waals surface area contributed by atoms with E-state index in [-0.39, 0.29) is 23.4 Å². The zero-order chi connectivity index (χ0) is 29.6. The summed E-state index contributed by atoms with van der Waals surface area (Å²) in [4.78, 5) is 29.0. The molecule has 1 fully saturated rings. The van der Waals surface area contributed by atoms with Gasteiger partial charge in [-0.15, -0.1) is 0 Å². The third-order valence-electron chi connectivity index (χ3n) is 7.43. The lowest BCUT2D eigenvalue weighted by Crippen LogP contribution is -2.53. The van der Waals surface area contributed by atoms with Gasteiger partial charge in [0.05, 0.1) is 10.6 Å². The molecule has 2 amide bonds. The van der Waals surface area contributed by atoms with Crippen LogP contribution in [0, 0.1) is 6.92 Å². The maximum Gasteiger partial charge on any atom is 0.264 e. The fourth-order valence-electron chi connectivity index (χ4n) is 5.02. The minimum atomic E-state index is -4.15. The average molecular weight is 661 g/mol. The second-order valence-electron chi connectivity index (χ2n) is 10.4. The van der Waals surface area contributed by atoms with Gasteiger partial charge in [-0.3, -0.25) is 13.9 Å². The lowest BCUT2D eigenvalue weighted by atomic mass is 9.95. The highest BCUT2D eigenvalue weighted by Crippen LogP contribution is 2.30. The first-order valence-corrected chi connectivity index (χ1v) is 16.4. The van der Waals surface area contributed by atoms with Crippen molar-refractivity contribution in [3.05, 3.63) is 93.4 Å². The van der Waals surface area contributed by atoms with E-state index < -0.39 is 28.5 Å². The van der Waals surface area contributed by atoms with Crippen molar-refractivity contribution in [2.75, 3.05) is 10.8 Å². The third-order valence-corrected chi connectivity index (χ3v) is 9.97. The highest BCUT2D eigenvalue weighted by Gasteiger charge is 2.33. The Kier molecular flexibility index (Phi) is 10.5. The maximum atomic E-state index is 14.1. The van der Waals surface area contributed by atoms with Crippen LogP contribution in [0.25, 0.3) is 0 Å². The van der Waals surface area contributed by atoms with Crippen LogP contribution in [0.2, 0.25) is 5.02 Å². The molecule has 0 aromatic heterocycles. The van der Waals surface area contributed by atoms with Crippen LogP contribution in [0.3, 0.4) is 0 Å². The Morgan fingerprint density at radius 1 is 1.00 bits per heavy atom. The molecule has 218 valence electrons. The van der Waals surface area contributed by atoms with Gasteiger partial charge in [-0.05, 0) is 74.2 Å². The van der Waals surface area contributed by atoms with Crippen molar-refractivity contribution in [1.82, 2.24) is 10.2 Å². The van der Waals surface area contributed by atoms with E-state index in [9.17, 15) is 18.0 Å². The summed E-state index contributed by atoms with van der Waals surface area (Å²) in [6, 6.07) is 19.6. The van der Waals surface area contributed by atoms with Crippen LogP contribution in [-0.2, 0) is 26.2 Å². The van der Waals surface area contributed by atoms with Gasteiger partial charge in [0.1, 0.15) is 12.6 Å². The number of nitrogens with one attached hydrogen (secondary N) is 1. The number of nitrogens with zero attached hydrogens (tertiary/aromatic N) is 2. The SMILES string of the molecule is Cc1ccc(Cl)cc1N(CC(=O)N(Cc1ccc(Br)cc1)[C@H](C)C(=O)NC1CCCCC1)S(=O)(=O)c1ccccc1. The highest BCUT2D eigenvalue weighted by molar-refractivity contribution is 9.10. The molecule has 1 N–H and O–H groups in total. The van der Waals surface area contributed by atoms with E-state index in [2.05, 4.69) is 21.2 Å². The topological polar surface area (TPSA) is 86.8 Å². The Labute approximate surface area is 256 Å². The molecule has 10 heteroatoms. The highest BCUT2D eigenvalue weighted by atomic mass is 79.9. The zero-order valence-corrected chi connectivity index (χ0v) is 26.4. The van der Waals surface area contributed by atoms with E-state index in [1.807, 2.05) is 24.3 Å². The molecule has 0 aliphatic heterocycles. The second-order valence-corrected chi connectivity index (χ2v) is 13.6. The van der Waals surface area contributed by atoms with Crippen molar-refractivity contribution in [3.8, 4) is 0 Å². The van der Waals surface area contributed by atoms with Gasteiger partial charge in [0.2, 0.25) is 11.8 Å². The molecule has 1 atom stereocenters. The van der Waals surface area contributed by atoms with Crippen molar-refractivity contribution in [2.24, 2.45) is 0 Å². The monoisotopic (exact) mass is 659 g/mol. The van der Waals surface area contributed by atoms with Gasteiger partial charge in [-0.1, -0.05) is 83.2 Å². The Bertz CT molecular complexity index is 1460. The first-order valence-electron chi connectivity index (χ1n) is 13.7. The molecule has 0 spiro atoms. The lowest BCUT2D eigenvalue weighted by Gasteiger charge is -2.33. The number of carbonyl (C=O) groups is 2. The van der Waals surface area contributed by atoms with Crippen LogP contribution >= 0.6 is 27.5 Å².